The number of sulfonamides is 1. The first-order valence-electron chi connectivity index (χ1n) is 10.0. The Morgan fingerprint density at radius 1 is 1.27 bits per heavy atom. The van der Waals surface area contributed by atoms with E-state index >= 15 is 0 Å². The van der Waals surface area contributed by atoms with Gasteiger partial charge in [0.15, 0.2) is 0 Å². The van der Waals surface area contributed by atoms with Crippen molar-refractivity contribution in [3.8, 4) is 0 Å². The molecule has 0 radical (unpaired) electrons. The fourth-order valence-corrected chi connectivity index (χ4v) is 5.45. The molecule has 1 fully saturated rings. The van der Waals surface area contributed by atoms with Gasteiger partial charge in [0.2, 0.25) is 15.9 Å². The number of alkyl halides is 3. The zero-order valence-electron chi connectivity index (χ0n) is 17.6. The van der Waals surface area contributed by atoms with Crippen LogP contribution in [0.2, 0.25) is 0 Å². The van der Waals surface area contributed by atoms with E-state index in [0.717, 1.165) is 10.4 Å². The molecule has 0 unspecified atom stereocenters. The summed E-state index contributed by atoms with van der Waals surface area (Å²) < 4.78 is 71.4. The van der Waals surface area contributed by atoms with Gasteiger partial charge in [-0.3, -0.25) is 14.9 Å². The summed E-state index contributed by atoms with van der Waals surface area (Å²) in [4.78, 5) is 23.6. The quantitative estimate of drug-likeness (QED) is 0.435. The SMILES string of the molecule is Cc1ccc([N+](=O)[O-])cc1S(=O)(=O)N1CCC(C(=O)N(Cc2ccco2)CC(F)(F)F)CC1. The second-order valence-corrected chi connectivity index (χ2v) is 9.68. The molecule has 0 saturated carbocycles. The van der Waals surface area contributed by atoms with Crippen LogP contribution in [0.1, 0.15) is 24.2 Å². The van der Waals surface area contributed by atoms with Crippen LogP contribution in [0.15, 0.2) is 45.9 Å². The summed E-state index contributed by atoms with van der Waals surface area (Å²) in [5.41, 5.74) is -0.0430. The first kappa shape index (κ1) is 24.7. The van der Waals surface area contributed by atoms with Gasteiger partial charge < -0.3 is 9.32 Å². The first-order valence-corrected chi connectivity index (χ1v) is 11.5. The van der Waals surface area contributed by atoms with Gasteiger partial charge in [0.05, 0.1) is 22.6 Å². The molecule has 1 aromatic carbocycles. The lowest BCUT2D eigenvalue weighted by Crippen LogP contribution is -2.46. The summed E-state index contributed by atoms with van der Waals surface area (Å²) >= 11 is 0. The third kappa shape index (κ3) is 5.90. The van der Waals surface area contributed by atoms with E-state index in [4.69, 9.17) is 4.42 Å². The second kappa shape index (κ2) is 9.51. The van der Waals surface area contributed by atoms with Gasteiger partial charge in [0.25, 0.3) is 5.69 Å². The number of furan rings is 1. The predicted octanol–water partition coefficient (Wildman–Crippen LogP) is 3.49. The van der Waals surface area contributed by atoms with Crippen molar-refractivity contribution in [2.24, 2.45) is 5.92 Å². The van der Waals surface area contributed by atoms with Crippen molar-refractivity contribution in [1.29, 1.82) is 0 Å². The number of nitrogens with zero attached hydrogens (tertiary/aromatic N) is 3. The summed E-state index contributed by atoms with van der Waals surface area (Å²) in [5, 5.41) is 11.0. The molecule has 1 amide bonds. The van der Waals surface area contributed by atoms with Crippen molar-refractivity contribution in [1.82, 2.24) is 9.21 Å². The van der Waals surface area contributed by atoms with Crippen molar-refractivity contribution in [2.45, 2.75) is 37.4 Å². The molecule has 0 atom stereocenters. The Morgan fingerprint density at radius 2 is 1.94 bits per heavy atom. The van der Waals surface area contributed by atoms with Crippen LogP contribution in [-0.4, -0.2) is 54.3 Å². The molecule has 0 bridgehead atoms. The number of nitro benzene ring substituents is 1. The van der Waals surface area contributed by atoms with Crippen LogP contribution in [-0.2, 0) is 21.4 Å². The number of benzene rings is 1. The average Bonchev–Trinajstić information content (AvgIpc) is 3.25. The number of amides is 1. The van der Waals surface area contributed by atoms with Gasteiger partial charge in [-0.1, -0.05) is 6.07 Å². The number of rotatable bonds is 7. The Balaban J connectivity index is 1.73. The number of nitro groups is 1. The number of hydrogen-bond acceptors (Lipinski definition) is 6. The molecule has 3 rings (SSSR count). The second-order valence-electron chi connectivity index (χ2n) is 7.77. The molecule has 180 valence electrons. The van der Waals surface area contributed by atoms with Gasteiger partial charge in [-0.15, -0.1) is 0 Å². The zero-order valence-corrected chi connectivity index (χ0v) is 18.4. The van der Waals surface area contributed by atoms with Crippen LogP contribution in [0.5, 0.6) is 0 Å². The van der Waals surface area contributed by atoms with Crippen LogP contribution in [0.25, 0.3) is 0 Å². The molecule has 9 nitrogen and oxygen atoms in total. The Kier molecular flexibility index (Phi) is 7.12. The number of aryl methyl sites for hydroxylation is 1. The van der Waals surface area contributed by atoms with Crippen molar-refractivity contribution >= 4 is 21.6 Å². The lowest BCUT2D eigenvalue weighted by Gasteiger charge is -2.34. The third-order valence-electron chi connectivity index (χ3n) is 5.41. The number of non-ortho nitro benzene ring substituents is 1. The first-order chi connectivity index (χ1) is 15.4. The van der Waals surface area contributed by atoms with E-state index in [0.29, 0.717) is 10.5 Å². The van der Waals surface area contributed by atoms with E-state index < -0.39 is 39.5 Å². The monoisotopic (exact) mass is 489 g/mol. The summed E-state index contributed by atoms with van der Waals surface area (Å²) in [7, 11) is -4.08. The summed E-state index contributed by atoms with van der Waals surface area (Å²) in [6.45, 7) is -0.478. The van der Waals surface area contributed by atoms with Crippen LogP contribution < -0.4 is 0 Å². The predicted molar refractivity (Wildman–Crippen MR) is 109 cm³/mol. The number of piperidine rings is 1. The molecular formula is C20H22F3N3O6S. The molecule has 1 aromatic heterocycles. The van der Waals surface area contributed by atoms with E-state index in [9.17, 15) is 36.5 Å². The molecule has 33 heavy (non-hydrogen) atoms. The summed E-state index contributed by atoms with van der Waals surface area (Å²) in [6.07, 6.45) is -3.26. The molecule has 13 heteroatoms. The highest BCUT2D eigenvalue weighted by Gasteiger charge is 2.39. The van der Waals surface area contributed by atoms with Crippen LogP contribution in [0.3, 0.4) is 0 Å². The van der Waals surface area contributed by atoms with Crippen LogP contribution >= 0.6 is 0 Å². The van der Waals surface area contributed by atoms with E-state index in [1.165, 1.54) is 37.5 Å². The molecule has 2 heterocycles. The third-order valence-corrected chi connectivity index (χ3v) is 7.45. The normalized spacial score (nSPS) is 16.0. The fraction of sp³-hybridized carbons (Fsp3) is 0.450. The maximum atomic E-state index is 13.0. The zero-order chi connectivity index (χ0) is 24.4. The number of hydrogen-bond donors (Lipinski definition) is 0. The maximum absolute atomic E-state index is 13.0. The minimum absolute atomic E-state index is 0.0263. The largest absolute Gasteiger partial charge is 0.467 e. The molecule has 1 saturated heterocycles. The van der Waals surface area contributed by atoms with E-state index in [2.05, 4.69) is 0 Å². The summed E-state index contributed by atoms with van der Waals surface area (Å²) in [5.74, 6) is -1.32. The summed E-state index contributed by atoms with van der Waals surface area (Å²) in [6, 6.07) is 6.49. The van der Waals surface area contributed by atoms with E-state index in [1.54, 1.807) is 0 Å². The molecule has 0 spiro atoms. The van der Waals surface area contributed by atoms with Crippen molar-refractivity contribution in [3.63, 3.8) is 0 Å². The highest BCUT2D eigenvalue weighted by molar-refractivity contribution is 7.89. The number of halogens is 3. The van der Waals surface area contributed by atoms with Gasteiger partial charge in [0, 0.05) is 31.1 Å². The topological polar surface area (TPSA) is 114 Å². The minimum atomic E-state index is -4.61. The maximum Gasteiger partial charge on any atom is 0.406 e. The van der Waals surface area contributed by atoms with Crippen molar-refractivity contribution in [2.75, 3.05) is 19.6 Å². The van der Waals surface area contributed by atoms with Gasteiger partial charge in [0.1, 0.15) is 12.3 Å². The Hall–Kier alpha value is -2.93. The Labute approximate surface area is 188 Å². The molecule has 1 aliphatic heterocycles. The van der Waals surface area contributed by atoms with E-state index in [1.807, 2.05) is 0 Å². The molecule has 0 N–H and O–H groups in total. The smallest absolute Gasteiger partial charge is 0.406 e. The number of carbonyl (C=O) groups excluding carboxylic acids is 1. The Morgan fingerprint density at radius 3 is 2.48 bits per heavy atom. The highest BCUT2D eigenvalue weighted by atomic mass is 32.2. The van der Waals surface area contributed by atoms with Crippen LogP contribution in [0, 0.1) is 23.0 Å². The van der Waals surface area contributed by atoms with Gasteiger partial charge in [-0.05, 0) is 37.5 Å². The standard InChI is InChI=1S/C20H22F3N3O6S/c1-14-4-5-16(26(28)29)11-18(14)33(30,31)25-8-6-15(7-9-25)19(27)24(13-20(21,22)23)12-17-3-2-10-32-17/h2-5,10-11,15H,6-9,12-13H2,1H3. The Bertz CT molecular complexity index is 1110. The lowest BCUT2D eigenvalue weighted by molar-refractivity contribution is -0.385. The van der Waals surface area contributed by atoms with Crippen molar-refractivity contribution in [3.05, 3.63) is 58.0 Å². The molecular weight excluding hydrogens is 467 g/mol. The van der Waals surface area contributed by atoms with E-state index in [-0.39, 0.29) is 48.8 Å². The van der Waals surface area contributed by atoms with Crippen molar-refractivity contribution < 1.29 is 35.7 Å². The molecule has 1 aliphatic rings. The highest BCUT2D eigenvalue weighted by Crippen LogP contribution is 2.30. The number of carbonyl (C=O) groups is 1. The van der Waals surface area contributed by atoms with Crippen LogP contribution in [0.4, 0.5) is 18.9 Å². The lowest BCUT2D eigenvalue weighted by atomic mass is 9.96. The molecule has 0 aliphatic carbocycles. The van der Waals surface area contributed by atoms with Gasteiger partial charge >= 0.3 is 6.18 Å². The average molecular weight is 489 g/mol. The molecule has 2 aromatic rings. The minimum Gasteiger partial charge on any atom is -0.467 e. The van der Waals surface area contributed by atoms with Gasteiger partial charge in [-0.25, -0.2) is 8.42 Å². The fourth-order valence-electron chi connectivity index (χ4n) is 3.74. The van der Waals surface area contributed by atoms with Gasteiger partial charge in [-0.2, -0.15) is 17.5 Å².